The zero-order valence-corrected chi connectivity index (χ0v) is 17.9. The maximum atomic E-state index is 12.0. The van der Waals surface area contributed by atoms with Crippen molar-refractivity contribution in [1.29, 1.82) is 0 Å². The molecule has 1 aromatic carbocycles. The van der Waals surface area contributed by atoms with Crippen LogP contribution in [-0.2, 0) is 4.79 Å². The summed E-state index contributed by atoms with van der Waals surface area (Å²) in [4.78, 5) is 28.0. The fourth-order valence-corrected chi connectivity index (χ4v) is 4.85. The van der Waals surface area contributed by atoms with E-state index in [4.69, 9.17) is 28.4 Å². The third-order valence-electron chi connectivity index (χ3n) is 5.25. The number of piperidine rings is 1. The van der Waals surface area contributed by atoms with Crippen molar-refractivity contribution in [2.45, 2.75) is 24.9 Å². The van der Waals surface area contributed by atoms with Crippen molar-refractivity contribution in [3.8, 4) is 0 Å². The van der Waals surface area contributed by atoms with E-state index in [0.29, 0.717) is 11.8 Å². The minimum atomic E-state index is -0.737. The highest BCUT2D eigenvalue weighted by Gasteiger charge is 2.35. The Morgan fingerprint density at radius 2 is 1.82 bits per heavy atom. The fraction of sp³-hybridized carbons (Fsp3) is 0.556. The van der Waals surface area contributed by atoms with Crippen LogP contribution in [0.4, 0.5) is 5.69 Å². The van der Waals surface area contributed by atoms with Gasteiger partial charge in [0.15, 0.2) is 0 Å². The van der Waals surface area contributed by atoms with Gasteiger partial charge in [0.1, 0.15) is 0 Å². The summed E-state index contributed by atoms with van der Waals surface area (Å²) in [5.41, 5.74) is 2.34. The maximum absolute atomic E-state index is 12.0. The van der Waals surface area contributed by atoms with Gasteiger partial charge in [0.25, 0.3) is 5.91 Å². The number of hydroxylamine groups is 1. The predicted octanol–water partition coefficient (Wildman–Crippen LogP) is 2.56. The number of likely N-dealkylation sites (tertiary alicyclic amines) is 2. The minimum Gasteiger partial charge on any atom is -0.380 e. The first-order chi connectivity index (χ1) is 13.4. The highest BCUT2D eigenvalue weighted by atomic mass is 35.5. The van der Waals surface area contributed by atoms with E-state index in [1.807, 2.05) is 11.2 Å². The van der Waals surface area contributed by atoms with Gasteiger partial charge in [-0.25, -0.2) is 5.48 Å². The first kappa shape index (κ1) is 21.5. The Kier molecular flexibility index (Phi) is 7.33. The number of thioether (sulfide) groups is 1. The van der Waals surface area contributed by atoms with Gasteiger partial charge in [-0.3, -0.25) is 19.7 Å². The van der Waals surface area contributed by atoms with E-state index in [2.05, 4.69) is 10.2 Å². The van der Waals surface area contributed by atoms with Crippen LogP contribution in [0, 0.1) is 0 Å². The van der Waals surface area contributed by atoms with Crippen molar-refractivity contribution in [2.24, 2.45) is 0 Å². The van der Waals surface area contributed by atoms with Gasteiger partial charge in [-0.2, -0.15) is 11.8 Å². The number of nitrogens with one attached hydrogen (secondary N) is 2. The Balaban J connectivity index is 1.48. The van der Waals surface area contributed by atoms with Crippen LogP contribution in [0.2, 0.25) is 10.0 Å². The van der Waals surface area contributed by atoms with E-state index in [1.165, 1.54) is 0 Å². The van der Waals surface area contributed by atoms with E-state index in [-0.39, 0.29) is 27.6 Å². The second-order valence-corrected chi connectivity index (χ2v) is 8.78. The molecule has 2 amide bonds. The molecule has 3 N–H and O–H groups in total. The molecule has 0 bridgehead atoms. The standard InChI is InChI=1S/C18H24Cl2N4O3S/c1-28-10-16(25)23-4-2-13(3-5-23)24-8-12(9-24)21-11-6-14(19)17(15(20)7-11)18(26)22-27/h6-7,12-13,21,27H,2-5,8-10H2,1H3,(H,22,26). The minimum absolute atomic E-state index is 0.0504. The number of rotatable bonds is 6. The average molecular weight is 447 g/mol. The fourth-order valence-electron chi connectivity index (χ4n) is 3.76. The Hall–Kier alpha value is -1.19. The van der Waals surface area contributed by atoms with Crippen LogP contribution in [-0.4, -0.2) is 77.1 Å². The third-order valence-corrected chi connectivity index (χ3v) is 6.38. The van der Waals surface area contributed by atoms with Crippen LogP contribution in [0.25, 0.3) is 0 Å². The van der Waals surface area contributed by atoms with Gasteiger partial charge < -0.3 is 10.2 Å². The molecule has 0 aliphatic carbocycles. The maximum Gasteiger partial charge on any atom is 0.277 e. The van der Waals surface area contributed by atoms with Crippen molar-refractivity contribution < 1.29 is 14.8 Å². The molecule has 2 heterocycles. The SMILES string of the molecule is CSCC(=O)N1CCC(N2CC(Nc3cc(Cl)c(C(=O)NO)c(Cl)c3)C2)CC1. The Morgan fingerprint density at radius 3 is 2.36 bits per heavy atom. The summed E-state index contributed by atoms with van der Waals surface area (Å²) in [6, 6.07) is 4.06. The summed E-state index contributed by atoms with van der Waals surface area (Å²) in [6.45, 7) is 3.49. The molecule has 1 aromatic rings. The first-order valence-corrected chi connectivity index (χ1v) is 11.3. The van der Waals surface area contributed by atoms with Crippen LogP contribution < -0.4 is 10.8 Å². The zero-order valence-electron chi connectivity index (χ0n) is 15.6. The van der Waals surface area contributed by atoms with E-state index in [0.717, 1.165) is 44.7 Å². The molecule has 2 saturated heterocycles. The second kappa shape index (κ2) is 9.54. The Morgan fingerprint density at radius 1 is 1.21 bits per heavy atom. The molecule has 0 radical (unpaired) electrons. The van der Waals surface area contributed by atoms with Crippen molar-refractivity contribution >= 4 is 52.5 Å². The smallest absolute Gasteiger partial charge is 0.277 e. The summed E-state index contributed by atoms with van der Waals surface area (Å²) < 4.78 is 0. The van der Waals surface area contributed by atoms with Gasteiger partial charge in [0.2, 0.25) is 5.91 Å². The van der Waals surface area contributed by atoms with Gasteiger partial charge in [-0.15, -0.1) is 0 Å². The van der Waals surface area contributed by atoms with Gasteiger partial charge in [0, 0.05) is 37.9 Å². The van der Waals surface area contributed by atoms with Crippen LogP contribution in [0.15, 0.2) is 12.1 Å². The normalized spacial score (nSPS) is 18.6. The van der Waals surface area contributed by atoms with Crippen molar-refractivity contribution in [3.63, 3.8) is 0 Å². The quantitative estimate of drug-likeness (QED) is 0.459. The van der Waals surface area contributed by atoms with Gasteiger partial charge in [-0.05, 0) is 31.2 Å². The van der Waals surface area contributed by atoms with Crippen LogP contribution in [0.3, 0.4) is 0 Å². The molecule has 0 atom stereocenters. The molecular weight excluding hydrogens is 423 g/mol. The van der Waals surface area contributed by atoms with Gasteiger partial charge >= 0.3 is 0 Å². The molecular formula is C18H24Cl2N4O3S. The van der Waals surface area contributed by atoms with Crippen molar-refractivity contribution in [1.82, 2.24) is 15.3 Å². The van der Waals surface area contributed by atoms with Gasteiger partial charge in [-0.1, -0.05) is 23.2 Å². The van der Waals surface area contributed by atoms with E-state index in [9.17, 15) is 9.59 Å². The molecule has 28 heavy (non-hydrogen) atoms. The predicted molar refractivity (Wildman–Crippen MR) is 113 cm³/mol. The van der Waals surface area contributed by atoms with Crippen molar-refractivity contribution in [2.75, 3.05) is 43.5 Å². The second-order valence-electron chi connectivity index (χ2n) is 7.10. The summed E-state index contributed by atoms with van der Waals surface area (Å²) in [6.07, 6.45) is 3.97. The molecule has 10 heteroatoms. The monoisotopic (exact) mass is 446 g/mol. The van der Waals surface area contributed by atoms with E-state index < -0.39 is 5.91 Å². The average Bonchev–Trinajstić information content (AvgIpc) is 2.64. The summed E-state index contributed by atoms with van der Waals surface area (Å²) >= 11 is 13.8. The molecule has 2 fully saturated rings. The van der Waals surface area contributed by atoms with E-state index >= 15 is 0 Å². The largest absolute Gasteiger partial charge is 0.380 e. The van der Waals surface area contributed by atoms with Crippen LogP contribution in [0.1, 0.15) is 23.2 Å². The van der Waals surface area contributed by atoms with Crippen LogP contribution >= 0.6 is 35.0 Å². The van der Waals surface area contributed by atoms with Gasteiger partial charge in [0.05, 0.1) is 27.4 Å². The zero-order chi connectivity index (χ0) is 20.3. The molecule has 2 aliphatic heterocycles. The number of hydrogen-bond acceptors (Lipinski definition) is 6. The lowest BCUT2D eigenvalue weighted by molar-refractivity contribution is -0.130. The molecule has 2 aliphatic rings. The summed E-state index contributed by atoms with van der Waals surface area (Å²) in [5.74, 6) is 0.0597. The highest BCUT2D eigenvalue weighted by Crippen LogP contribution is 2.31. The summed E-state index contributed by atoms with van der Waals surface area (Å²) in [5, 5.41) is 12.5. The molecule has 0 spiro atoms. The number of carbonyl (C=O) groups is 2. The third kappa shape index (κ3) is 4.86. The Labute approximate surface area is 178 Å². The topological polar surface area (TPSA) is 84.9 Å². The van der Waals surface area contributed by atoms with Crippen LogP contribution in [0.5, 0.6) is 0 Å². The molecule has 154 valence electrons. The van der Waals surface area contributed by atoms with Crippen molar-refractivity contribution in [3.05, 3.63) is 27.7 Å². The van der Waals surface area contributed by atoms with E-state index in [1.54, 1.807) is 29.4 Å². The highest BCUT2D eigenvalue weighted by molar-refractivity contribution is 7.99. The summed E-state index contributed by atoms with van der Waals surface area (Å²) in [7, 11) is 0. The lowest BCUT2D eigenvalue weighted by Gasteiger charge is -2.47. The Bertz CT molecular complexity index is 715. The molecule has 0 saturated carbocycles. The number of amides is 2. The molecule has 0 aromatic heterocycles. The number of carbonyl (C=O) groups excluding carboxylic acids is 2. The number of nitrogens with zero attached hydrogens (tertiary/aromatic N) is 2. The first-order valence-electron chi connectivity index (χ1n) is 9.13. The number of benzene rings is 1. The lowest BCUT2D eigenvalue weighted by Crippen LogP contribution is -2.60. The number of anilines is 1. The lowest BCUT2D eigenvalue weighted by atomic mass is 9.97. The molecule has 7 nitrogen and oxygen atoms in total. The number of halogens is 2. The molecule has 0 unspecified atom stereocenters. The molecule has 3 rings (SSSR count). The number of hydrogen-bond donors (Lipinski definition) is 3.